The lowest BCUT2D eigenvalue weighted by atomic mass is 10.2. The molecule has 7 heteroatoms. The highest BCUT2D eigenvalue weighted by molar-refractivity contribution is 5.79. The number of rotatable bonds is 8. The molecule has 0 aliphatic rings. The van der Waals surface area contributed by atoms with Gasteiger partial charge in [-0.2, -0.15) is 8.78 Å². The monoisotopic (exact) mass is 362 g/mol. The first kappa shape index (κ1) is 19.6. The predicted octanol–water partition coefficient (Wildman–Crippen LogP) is 3.32. The van der Waals surface area contributed by atoms with Gasteiger partial charge in [0.25, 0.3) is 0 Å². The molecule has 0 amide bonds. The molecule has 0 fully saturated rings. The second kappa shape index (κ2) is 10.3. The van der Waals surface area contributed by atoms with Crippen molar-refractivity contribution in [2.75, 3.05) is 20.1 Å². The van der Waals surface area contributed by atoms with E-state index in [-0.39, 0.29) is 5.75 Å². The second-order valence-electron chi connectivity index (χ2n) is 5.69. The zero-order chi connectivity index (χ0) is 18.8. The van der Waals surface area contributed by atoms with Crippen LogP contribution in [0.3, 0.4) is 0 Å². The average Bonchev–Trinajstić information content (AvgIpc) is 2.63. The first-order valence-corrected chi connectivity index (χ1v) is 8.51. The molecule has 1 N–H and O–H groups in total. The van der Waals surface area contributed by atoms with E-state index >= 15 is 0 Å². The maximum Gasteiger partial charge on any atom is 0.387 e. The molecule has 2 rings (SSSR count). The minimum absolute atomic E-state index is 0.155. The van der Waals surface area contributed by atoms with Gasteiger partial charge in [-0.25, -0.2) is 0 Å². The Balaban J connectivity index is 1.94. The van der Waals surface area contributed by atoms with E-state index < -0.39 is 6.61 Å². The second-order valence-corrected chi connectivity index (χ2v) is 5.69. The summed E-state index contributed by atoms with van der Waals surface area (Å²) in [6.45, 7) is 1.19. The fraction of sp³-hybridized carbons (Fsp3) is 0.368. The Labute approximate surface area is 152 Å². The fourth-order valence-electron chi connectivity index (χ4n) is 2.42. The van der Waals surface area contributed by atoms with Gasteiger partial charge in [-0.15, -0.1) is 0 Å². The van der Waals surface area contributed by atoms with Crippen LogP contribution in [0.4, 0.5) is 8.78 Å². The molecule has 0 radical (unpaired) electrons. The van der Waals surface area contributed by atoms with Crippen LogP contribution in [0.5, 0.6) is 5.75 Å². The average molecular weight is 362 g/mol. The summed E-state index contributed by atoms with van der Waals surface area (Å²) in [5.74, 6) is 0.943. The number of benzene rings is 1. The molecule has 0 atom stereocenters. The molecule has 2 aromatic rings. The van der Waals surface area contributed by atoms with Gasteiger partial charge in [-0.3, -0.25) is 9.98 Å². The predicted molar refractivity (Wildman–Crippen MR) is 98.5 cm³/mol. The van der Waals surface area contributed by atoms with Crippen molar-refractivity contribution in [1.82, 2.24) is 15.2 Å². The Hall–Kier alpha value is -2.70. The highest BCUT2D eigenvalue weighted by Gasteiger charge is 2.08. The topological polar surface area (TPSA) is 49.8 Å². The third-order valence-electron chi connectivity index (χ3n) is 3.62. The summed E-state index contributed by atoms with van der Waals surface area (Å²) >= 11 is 0. The quantitative estimate of drug-likeness (QED) is 0.578. The van der Waals surface area contributed by atoms with E-state index in [1.165, 1.54) is 0 Å². The van der Waals surface area contributed by atoms with E-state index in [9.17, 15) is 8.78 Å². The van der Waals surface area contributed by atoms with E-state index in [1.54, 1.807) is 30.5 Å². The summed E-state index contributed by atoms with van der Waals surface area (Å²) < 4.78 is 28.8. The Morgan fingerprint density at radius 2 is 2.00 bits per heavy atom. The number of ether oxygens (including phenoxy) is 1. The molecule has 0 aliphatic carbocycles. The Morgan fingerprint density at radius 3 is 2.62 bits per heavy atom. The molecule has 140 valence electrons. The van der Waals surface area contributed by atoms with E-state index in [4.69, 9.17) is 0 Å². The molecule has 0 spiro atoms. The molecular formula is C19H24F2N4O. The minimum atomic E-state index is -2.81. The van der Waals surface area contributed by atoms with E-state index in [2.05, 4.69) is 20.0 Å². The zero-order valence-electron chi connectivity index (χ0n) is 15.0. The lowest BCUT2D eigenvalue weighted by Crippen LogP contribution is -2.38. The van der Waals surface area contributed by atoms with Gasteiger partial charge in [0, 0.05) is 45.0 Å². The van der Waals surface area contributed by atoms with Crippen LogP contribution in [0.15, 0.2) is 53.7 Å². The molecule has 5 nitrogen and oxygen atoms in total. The molecule has 1 aromatic heterocycles. The Kier molecular flexibility index (Phi) is 7.79. The van der Waals surface area contributed by atoms with Gasteiger partial charge < -0.3 is 15.0 Å². The molecule has 26 heavy (non-hydrogen) atoms. The van der Waals surface area contributed by atoms with Gasteiger partial charge in [0.1, 0.15) is 5.75 Å². The summed E-state index contributed by atoms with van der Waals surface area (Å²) in [6.07, 6.45) is 2.54. The summed E-state index contributed by atoms with van der Waals surface area (Å²) in [7, 11) is 1.94. The van der Waals surface area contributed by atoms with Gasteiger partial charge >= 0.3 is 6.61 Å². The summed E-state index contributed by atoms with van der Waals surface area (Å²) in [4.78, 5) is 10.9. The van der Waals surface area contributed by atoms with Gasteiger partial charge in [0.2, 0.25) is 0 Å². The molecule has 0 saturated carbocycles. The standard InChI is InChI=1S/C19H24F2N4O/c1-3-22-19(24-13-11-16-6-4-5-12-23-16)25(2)14-15-7-9-17(10-8-15)26-18(20)21/h4-10,12,18H,3,11,13-14H2,1-2H3,(H,22,24). The van der Waals surface area contributed by atoms with Crippen molar-refractivity contribution in [1.29, 1.82) is 0 Å². The molecule has 0 bridgehead atoms. The first-order chi connectivity index (χ1) is 12.6. The van der Waals surface area contributed by atoms with Crippen LogP contribution < -0.4 is 10.1 Å². The van der Waals surface area contributed by atoms with Crippen molar-refractivity contribution in [2.45, 2.75) is 26.5 Å². The SMILES string of the molecule is CCNC(=NCCc1ccccn1)N(C)Cc1ccc(OC(F)F)cc1. The third kappa shape index (κ3) is 6.66. The molecule has 0 saturated heterocycles. The molecule has 0 aliphatic heterocycles. The van der Waals surface area contributed by atoms with Gasteiger partial charge in [0.05, 0.1) is 0 Å². The molecular weight excluding hydrogens is 338 g/mol. The van der Waals surface area contributed by atoms with Crippen molar-refractivity contribution in [3.05, 3.63) is 59.9 Å². The van der Waals surface area contributed by atoms with Crippen LogP contribution in [0.1, 0.15) is 18.2 Å². The largest absolute Gasteiger partial charge is 0.435 e. The van der Waals surface area contributed by atoms with Crippen molar-refractivity contribution < 1.29 is 13.5 Å². The Morgan fingerprint density at radius 1 is 1.23 bits per heavy atom. The van der Waals surface area contributed by atoms with Crippen LogP contribution >= 0.6 is 0 Å². The van der Waals surface area contributed by atoms with E-state index in [0.717, 1.165) is 30.2 Å². The van der Waals surface area contributed by atoms with Gasteiger partial charge in [-0.1, -0.05) is 18.2 Å². The summed E-state index contributed by atoms with van der Waals surface area (Å²) in [5.41, 5.74) is 1.98. The minimum Gasteiger partial charge on any atom is -0.435 e. The molecule has 1 aromatic carbocycles. The van der Waals surface area contributed by atoms with Crippen molar-refractivity contribution in [3.63, 3.8) is 0 Å². The van der Waals surface area contributed by atoms with E-state index in [1.807, 2.05) is 37.1 Å². The number of alkyl halides is 2. The fourth-order valence-corrected chi connectivity index (χ4v) is 2.42. The van der Waals surface area contributed by atoms with E-state index in [0.29, 0.717) is 13.1 Å². The number of aromatic nitrogens is 1. The van der Waals surface area contributed by atoms with Crippen LogP contribution in [-0.4, -0.2) is 42.6 Å². The highest BCUT2D eigenvalue weighted by atomic mass is 19.3. The number of pyridine rings is 1. The summed E-state index contributed by atoms with van der Waals surface area (Å²) in [5, 5.41) is 3.26. The lowest BCUT2D eigenvalue weighted by Gasteiger charge is -2.22. The van der Waals surface area contributed by atoms with Crippen LogP contribution in [0.2, 0.25) is 0 Å². The van der Waals surface area contributed by atoms with Crippen LogP contribution in [0, 0.1) is 0 Å². The Bertz CT molecular complexity index is 678. The van der Waals surface area contributed by atoms with Crippen molar-refractivity contribution in [2.24, 2.45) is 4.99 Å². The zero-order valence-corrected chi connectivity index (χ0v) is 15.0. The number of guanidine groups is 1. The number of hydrogen-bond acceptors (Lipinski definition) is 3. The number of nitrogens with one attached hydrogen (secondary N) is 1. The van der Waals surface area contributed by atoms with Crippen LogP contribution in [0.25, 0.3) is 0 Å². The molecule has 0 unspecified atom stereocenters. The number of nitrogens with zero attached hydrogens (tertiary/aromatic N) is 3. The normalized spacial score (nSPS) is 11.5. The first-order valence-electron chi connectivity index (χ1n) is 8.51. The van der Waals surface area contributed by atoms with Crippen molar-refractivity contribution in [3.8, 4) is 5.75 Å². The maximum absolute atomic E-state index is 12.2. The van der Waals surface area contributed by atoms with Crippen LogP contribution in [-0.2, 0) is 13.0 Å². The van der Waals surface area contributed by atoms with Crippen molar-refractivity contribution >= 4 is 5.96 Å². The number of aliphatic imine (C=N–C) groups is 1. The number of halogens is 2. The number of hydrogen-bond donors (Lipinski definition) is 1. The molecule has 1 heterocycles. The maximum atomic E-state index is 12.2. The lowest BCUT2D eigenvalue weighted by molar-refractivity contribution is -0.0498. The smallest absolute Gasteiger partial charge is 0.387 e. The van der Waals surface area contributed by atoms with Gasteiger partial charge in [0.15, 0.2) is 5.96 Å². The highest BCUT2D eigenvalue weighted by Crippen LogP contribution is 2.15. The van der Waals surface area contributed by atoms with Gasteiger partial charge in [-0.05, 0) is 36.8 Å². The third-order valence-corrected chi connectivity index (χ3v) is 3.62. The summed E-state index contributed by atoms with van der Waals surface area (Å²) in [6, 6.07) is 12.5.